The highest BCUT2D eigenvalue weighted by molar-refractivity contribution is 7.92. The van der Waals surface area contributed by atoms with Gasteiger partial charge in [-0.05, 0) is 24.6 Å². The van der Waals surface area contributed by atoms with Crippen LogP contribution >= 0.6 is 0 Å². The van der Waals surface area contributed by atoms with Crippen LogP contribution in [0.4, 0.5) is 13.2 Å². The van der Waals surface area contributed by atoms with Crippen molar-refractivity contribution < 1.29 is 26.4 Å². The van der Waals surface area contributed by atoms with Crippen molar-refractivity contribution >= 4 is 15.6 Å². The minimum absolute atomic E-state index is 0.113. The molecule has 1 aliphatic rings. The van der Waals surface area contributed by atoms with E-state index in [1.165, 1.54) is 0 Å². The van der Waals surface area contributed by atoms with Crippen LogP contribution in [0.3, 0.4) is 0 Å². The van der Waals surface area contributed by atoms with Gasteiger partial charge in [0.05, 0.1) is 15.7 Å². The molecule has 0 amide bonds. The Kier molecular flexibility index (Phi) is 3.42. The molecular formula is C12H11F3O3S. The van der Waals surface area contributed by atoms with E-state index in [1.54, 1.807) is 0 Å². The summed E-state index contributed by atoms with van der Waals surface area (Å²) >= 11 is 0. The molecule has 1 aromatic carbocycles. The molecular weight excluding hydrogens is 281 g/mol. The molecule has 1 aromatic rings. The van der Waals surface area contributed by atoms with Crippen LogP contribution in [0.25, 0.3) is 0 Å². The van der Waals surface area contributed by atoms with Gasteiger partial charge >= 0.3 is 6.18 Å². The summed E-state index contributed by atoms with van der Waals surface area (Å²) in [7, 11) is -3.88. The normalized spacial score (nSPS) is 20.8. The SMILES string of the molecule is O=C1CCC(S(=O)(=O)c2cccc(C(F)(F)F)c2)C1. The van der Waals surface area contributed by atoms with Crippen LogP contribution in [0.1, 0.15) is 24.8 Å². The summed E-state index contributed by atoms with van der Waals surface area (Å²) in [5.74, 6) is -0.166. The summed E-state index contributed by atoms with van der Waals surface area (Å²) in [5.41, 5.74) is -1.00. The van der Waals surface area contributed by atoms with Gasteiger partial charge in [-0.2, -0.15) is 13.2 Å². The van der Waals surface area contributed by atoms with Gasteiger partial charge in [0, 0.05) is 12.8 Å². The zero-order chi connectivity index (χ0) is 14.3. The van der Waals surface area contributed by atoms with Gasteiger partial charge in [0.15, 0.2) is 9.84 Å². The number of benzene rings is 1. The van der Waals surface area contributed by atoms with Gasteiger partial charge in [0.25, 0.3) is 0 Å². The van der Waals surface area contributed by atoms with Crippen LogP contribution in [-0.4, -0.2) is 19.5 Å². The van der Waals surface area contributed by atoms with Gasteiger partial charge in [-0.3, -0.25) is 4.79 Å². The molecule has 0 spiro atoms. The zero-order valence-corrected chi connectivity index (χ0v) is 10.6. The lowest BCUT2D eigenvalue weighted by atomic mass is 10.2. The first-order valence-corrected chi connectivity index (χ1v) is 7.19. The van der Waals surface area contributed by atoms with Crippen LogP contribution < -0.4 is 0 Å². The summed E-state index contributed by atoms with van der Waals surface area (Å²) in [5, 5.41) is -0.900. The van der Waals surface area contributed by atoms with E-state index >= 15 is 0 Å². The maximum absolute atomic E-state index is 12.5. The zero-order valence-electron chi connectivity index (χ0n) is 9.77. The van der Waals surface area contributed by atoms with Crippen molar-refractivity contribution in [2.24, 2.45) is 0 Å². The molecule has 0 N–H and O–H groups in total. The van der Waals surface area contributed by atoms with E-state index < -0.39 is 26.8 Å². The minimum Gasteiger partial charge on any atom is -0.300 e. The van der Waals surface area contributed by atoms with Crippen molar-refractivity contribution in [3.8, 4) is 0 Å². The van der Waals surface area contributed by atoms with Crippen LogP contribution in [0.2, 0.25) is 0 Å². The quantitative estimate of drug-likeness (QED) is 0.842. The second-order valence-corrected chi connectivity index (χ2v) is 6.70. The number of sulfone groups is 1. The number of ketones is 1. The second-order valence-electron chi connectivity index (χ2n) is 4.47. The first-order valence-electron chi connectivity index (χ1n) is 5.64. The highest BCUT2D eigenvalue weighted by Gasteiger charge is 2.36. The topological polar surface area (TPSA) is 51.2 Å². The molecule has 1 fully saturated rings. The Hall–Kier alpha value is -1.37. The second kappa shape index (κ2) is 4.63. The third-order valence-electron chi connectivity index (χ3n) is 3.13. The van der Waals surface area contributed by atoms with Crippen molar-refractivity contribution in [3.63, 3.8) is 0 Å². The Labute approximate surface area is 108 Å². The van der Waals surface area contributed by atoms with E-state index in [4.69, 9.17) is 0 Å². The van der Waals surface area contributed by atoms with Crippen LogP contribution in [-0.2, 0) is 20.8 Å². The fourth-order valence-corrected chi connectivity index (χ4v) is 3.86. The van der Waals surface area contributed by atoms with Gasteiger partial charge in [-0.25, -0.2) is 8.42 Å². The lowest BCUT2D eigenvalue weighted by molar-refractivity contribution is -0.137. The first-order chi connectivity index (χ1) is 8.71. The number of rotatable bonds is 2. The van der Waals surface area contributed by atoms with Gasteiger partial charge in [-0.15, -0.1) is 0 Å². The average Bonchev–Trinajstić information content (AvgIpc) is 2.76. The minimum atomic E-state index is -4.59. The van der Waals surface area contributed by atoms with E-state index in [2.05, 4.69) is 0 Å². The summed E-state index contributed by atoms with van der Waals surface area (Å²) in [6.07, 6.45) is -4.35. The summed E-state index contributed by atoms with van der Waals surface area (Å²) in [6, 6.07) is 3.64. The molecule has 0 saturated heterocycles. The van der Waals surface area contributed by atoms with Crippen molar-refractivity contribution in [1.29, 1.82) is 0 Å². The van der Waals surface area contributed by atoms with Crippen molar-refractivity contribution in [3.05, 3.63) is 29.8 Å². The third kappa shape index (κ3) is 2.80. The smallest absolute Gasteiger partial charge is 0.300 e. The monoisotopic (exact) mass is 292 g/mol. The van der Waals surface area contributed by atoms with Gasteiger partial charge in [-0.1, -0.05) is 6.07 Å². The van der Waals surface area contributed by atoms with Crippen molar-refractivity contribution in [2.75, 3.05) is 0 Å². The Morgan fingerprint density at radius 3 is 2.42 bits per heavy atom. The Bertz CT molecular complexity index is 605. The van der Waals surface area contributed by atoms with Crippen molar-refractivity contribution in [2.45, 2.75) is 35.6 Å². The number of hydrogen-bond donors (Lipinski definition) is 0. The Morgan fingerprint density at radius 1 is 1.21 bits per heavy atom. The Morgan fingerprint density at radius 2 is 1.89 bits per heavy atom. The molecule has 2 rings (SSSR count). The van der Waals surface area contributed by atoms with Crippen LogP contribution in [0, 0.1) is 0 Å². The van der Waals surface area contributed by atoms with Gasteiger partial charge in [0.1, 0.15) is 5.78 Å². The van der Waals surface area contributed by atoms with E-state index in [-0.39, 0.29) is 29.9 Å². The lowest BCUT2D eigenvalue weighted by Crippen LogP contribution is -2.19. The third-order valence-corrected chi connectivity index (χ3v) is 5.32. The largest absolute Gasteiger partial charge is 0.416 e. The number of carbonyl (C=O) groups is 1. The molecule has 1 atom stereocenters. The molecule has 0 aromatic heterocycles. The molecule has 0 radical (unpaired) electrons. The maximum Gasteiger partial charge on any atom is 0.416 e. The van der Waals surface area contributed by atoms with Crippen LogP contribution in [0.5, 0.6) is 0 Å². The van der Waals surface area contributed by atoms with Gasteiger partial charge in [0.2, 0.25) is 0 Å². The number of alkyl halides is 3. The Balaban J connectivity index is 2.39. The fraction of sp³-hybridized carbons (Fsp3) is 0.417. The predicted molar refractivity (Wildman–Crippen MR) is 61.3 cm³/mol. The fourth-order valence-electron chi connectivity index (χ4n) is 2.09. The van der Waals surface area contributed by atoms with Gasteiger partial charge < -0.3 is 0 Å². The molecule has 1 saturated carbocycles. The van der Waals surface area contributed by atoms with E-state index in [0.29, 0.717) is 6.07 Å². The highest BCUT2D eigenvalue weighted by atomic mass is 32.2. The molecule has 7 heteroatoms. The molecule has 0 aliphatic heterocycles. The van der Waals surface area contributed by atoms with Crippen LogP contribution in [0.15, 0.2) is 29.2 Å². The highest BCUT2D eigenvalue weighted by Crippen LogP contribution is 2.33. The number of halogens is 3. The molecule has 104 valence electrons. The molecule has 1 aliphatic carbocycles. The first kappa shape index (κ1) is 14.0. The molecule has 0 heterocycles. The number of carbonyl (C=O) groups excluding carboxylic acids is 1. The number of hydrogen-bond acceptors (Lipinski definition) is 3. The summed E-state index contributed by atoms with van der Waals surface area (Å²) in [6.45, 7) is 0. The maximum atomic E-state index is 12.5. The lowest BCUT2D eigenvalue weighted by Gasteiger charge is -2.12. The van der Waals surface area contributed by atoms with E-state index in [9.17, 15) is 26.4 Å². The van der Waals surface area contributed by atoms with E-state index in [1.807, 2.05) is 0 Å². The summed E-state index contributed by atoms with van der Waals surface area (Å²) < 4.78 is 61.9. The molecule has 19 heavy (non-hydrogen) atoms. The predicted octanol–water partition coefficient (Wildman–Crippen LogP) is 2.60. The number of Topliss-reactive ketones (excluding diaryl/α,β-unsaturated/α-hetero) is 1. The molecule has 1 unspecified atom stereocenters. The molecule has 0 bridgehead atoms. The summed E-state index contributed by atoms with van der Waals surface area (Å²) in [4.78, 5) is 10.7. The van der Waals surface area contributed by atoms with E-state index in [0.717, 1.165) is 18.2 Å². The standard InChI is InChI=1S/C12H11F3O3S/c13-12(14,15)8-2-1-3-10(6-8)19(17,18)11-5-4-9(16)7-11/h1-3,6,11H,4-5,7H2. The van der Waals surface area contributed by atoms with Crippen molar-refractivity contribution in [1.82, 2.24) is 0 Å². The average molecular weight is 292 g/mol. The molecule has 3 nitrogen and oxygen atoms in total.